The average molecular weight is 273 g/mol. The van der Waals surface area contributed by atoms with Crippen LogP contribution in [0.25, 0.3) is 0 Å². The summed E-state index contributed by atoms with van der Waals surface area (Å²) >= 11 is 0. The lowest BCUT2D eigenvalue weighted by Crippen LogP contribution is -2.39. The summed E-state index contributed by atoms with van der Waals surface area (Å²) in [5.41, 5.74) is 0. The molecule has 4 nitrogen and oxygen atoms in total. The molecule has 1 aliphatic rings. The van der Waals surface area contributed by atoms with E-state index in [1.807, 2.05) is 0 Å². The molecule has 1 aliphatic heterocycles. The van der Waals surface area contributed by atoms with E-state index in [0.29, 0.717) is 12.5 Å². The van der Waals surface area contributed by atoms with Crippen LogP contribution >= 0.6 is 0 Å². The summed E-state index contributed by atoms with van der Waals surface area (Å²) in [7, 11) is -1.12. The minimum atomic E-state index is -1.12. The maximum absolute atomic E-state index is 11.8. The minimum Gasteiger partial charge on any atom is -0.450 e. The first-order valence-corrected chi connectivity index (χ1v) is 10.7. The van der Waals surface area contributed by atoms with Crippen molar-refractivity contribution in [3.63, 3.8) is 0 Å². The fourth-order valence-corrected chi connectivity index (χ4v) is 2.84. The molecule has 1 amide bonds. The molecule has 1 N–H and O–H groups in total. The van der Waals surface area contributed by atoms with Crippen molar-refractivity contribution in [3.8, 4) is 0 Å². The second-order valence-corrected chi connectivity index (χ2v) is 12.0. The molecule has 0 aromatic heterocycles. The number of aliphatic hydroxyl groups excluding tert-OH is 1. The predicted octanol–water partition coefficient (Wildman–Crippen LogP) is 2.56. The number of amides is 1. The number of rotatable bonds is 5. The first-order valence-electron chi connectivity index (χ1n) is 6.95. The predicted molar refractivity (Wildman–Crippen MR) is 75.5 cm³/mol. The topological polar surface area (TPSA) is 49.8 Å². The lowest BCUT2D eigenvalue weighted by molar-refractivity contribution is 0.0883. The molecule has 106 valence electrons. The van der Waals surface area contributed by atoms with Crippen LogP contribution in [-0.2, 0) is 4.74 Å². The van der Waals surface area contributed by atoms with E-state index in [-0.39, 0.29) is 12.7 Å². The largest absolute Gasteiger partial charge is 0.450 e. The van der Waals surface area contributed by atoms with Gasteiger partial charge in [-0.2, -0.15) is 0 Å². The molecule has 0 bridgehead atoms. The van der Waals surface area contributed by atoms with E-state index in [2.05, 4.69) is 19.6 Å². The molecule has 0 atom stereocenters. The van der Waals surface area contributed by atoms with Crippen LogP contribution in [0.2, 0.25) is 25.7 Å². The number of aliphatic hydroxyl groups is 1. The Balaban J connectivity index is 2.20. The third kappa shape index (κ3) is 5.86. The van der Waals surface area contributed by atoms with Crippen molar-refractivity contribution in [1.82, 2.24) is 4.90 Å². The Morgan fingerprint density at radius 3 is 2.44 bits per heavy atom. The van der Waals surface area contributed by atoms with Gasteiger partial charge in [0.1, 0.15) is 0 Å². The van der Waals surface area contributed by atoms with Gasteiger partial charge in [0.2, 0.25) is 0 Å². The van der Waals surface area contributed by atoms with Crippen LogP contribution in [-0.4, -0.2) is 50.5 Å². The van der Waals surface area contributed by atoms with Crippen LogP contribution in [0.4, 0.5) is 4.79 Å². The van der Waals surface area contributed by atoms with Crippen molar-refractivity contribution in [2.24, 2.45) is 5.92 Å². The van der Waals surface area contributed by atoms with Gasteiger partial charge in [-0.1, -0.05) is 19.6 Å². The number of hydrogen-bond donors (Lipinski definition) is 1. The van der Waals surface area contributed by atoms with Gasteiger partial charge >= 0.3 is 6.09 Å². The number of nitrogens with zero attached hydrogens (tertiary/aromatic N) is 1. The fourth-order valence-electron chi connectivity index (χ4n) is 2.12. The Morgan fingerprint density at radius 2 is 1.94 bits per heavy atom. The summed E-state index contributed by atoms with van der Waals surface area (Å²) in [4.78, 5) is 13.6. The molecule has 5 heteroatoms. The lowest BCUT2D eigenvalue weighted by atomic mass is 9.94. The van der Waals surface area contributed by atoms with E-state index in [1.54, 1.807) is 4.90 Å². The highest BCUT2D eigenvalue weighted by molar-refractivity contribution is 6.76. The number of likely N-dealkylation sites (tertiary alicyclic amines) is 1. The zero-order valence-electron chi connectivity index (χ0n) is 11.9. The third-order valence-electron chi connectivity index (χ3n) is 3.49. The van der Waals surface area contributed by atoms with Gasteiger partial charge in [-0.25, -0.2) is 4.79 Å². The molecular formula is C13H27NO3Si. The standard InChI is InChI=1S/C13H27NO3Si/c1-18(2,3)11-10-17-13(16)14-7-4-12(5-8-14)6-9-15/h12,15H,4-11H2,1-3H3. The fraction of sp³-hybridized carbons (Fsp3) is 0.923. The number of ether oxygens (including phenoxy) is 1. The monoisotopic (exact) mass is 273 g/mol. The summed E-state index contributed by atoms with van der Waals surface area (Å²) in [6.07, 6.45) is 2.68. The van der Waals surface area contributed by atoms with E-state index < -0.39 is 8.07 Å². The molecule has 1 heterocycles. The van der Waals surface area contributed by atoms with Crippen LogP contribution in [0.5, 0.6) is 0 Å². The van der Waals surface area contributed by atoms with Crippen LogP contribution in [0.1, 0.15) is 19.3 Å². The molecule has 0 radical (unpaired) electrons. The maximum Gasteiger partial charge on any atom is 0.409 e. The van der Waals surface area contributed by atoms with Crippen molar-refractivity contribution in [2.75, 3.05) is 26.3 Å². The highest BCUT2D eigenvalue weighted by Crippen LogP contribution is 2.20. The van der Waals surface area contributed by atoms with Gasteiger partial charge in [0.25, 0.3) is 0 Å². The number of hydrogen-bond acceptors (Lipinski definition) is 3. The van der Waals surface area contributed by atoms with Gasteiger partial charge in [-0.15, -0.1) is 0 Å². The Hall–Kier alpha value is -0.553. The van der Waals surface area contributed by atoms with Crippen LogP contribution < -0.4 is 0 Å². The smallest absolute Gasteiger partial charge is 0.409 e. The molecule has 0 saturated carbocycles. The van der Waals surface area contributed by atoms with Crippen LogP contribution in [0.15, 0.2) is 0 Å². The van der Waals surface area contributed by atoms with Crippen molar-refractivity contribution >= 4 is 14.2 Å². The lowest BCUT2D eigenvalue weighted by Gasteiger charge is -2.31. The Bertz CT molecular complexity index is 257. The Morgan fingerprint density at radius 1 is 1.33 bits per heavy atom. The molecule has 0 aliphatic carbocycles. The normalized spacial score (nSPS) is 17.9. The average Bonchev–Trinajstić information content (AvgIpc) is 2.28. The molecule has 0 aromatic rings. The van der Waals surface area contributed by atoms with Crippen LogP contribution in [0, 0.1) is 5.92 Å². The van der Waals surface area contributed by atoms with Gasteiger partial charge in [-0.3, -0.25) is 0 Å². The van der Waals surface area contributed by atoms with Gasteiger partial charge in [0, 0.05) is 27.8 Å². The Kier molecular flexibility index (Phi) is 6.15. The number of piperidine rings is 1. The molecule has 1 saturated heterocycles. The summed E-state index contributed by atoms with van der Waals surface area (Å²) in [5.74, 6) is 0.570. The van der Waals surface area contributed by atoms with Gasteiger partial charge in [-0.05, 0) is 31.2 Å². The van der Waals surface area contributed by atoms with Gasteiger partial charge < -0.3 is 14.7 Å². The van der Waals surface area contributed by atoms with E-state index in [9.17, 15) is 4.79 Å². The first kappa shape index (κ1) is 15.5. The third-order valence-corrected chi connectivity index (χ3v) is 5.19. The molecule has 1 rings (SSSR count). The Labute approximate surface area is 111 Å². The second-order valence-electron chi connectivity index (χ2n) is 6.37. The van der Waals surface area contributed by atoms with Crippen molar-refractivity contribution < 1.29 is 14.6 Å². The van der Waals surface area contributed by atoms with Crippen molar-refractivity contribution in [1.29, 1.82) is 0 Å². The molecule has 1 fully saturated rings. The molecule has 0 spiro atoms. The summed E-state index contributed by atoms with van der Waals surface area (Å²) in [5, 5.41) is 8.88. The van der Waals surface area contributed by atoms with Gasteiger partial charge in [0.15, 0.2) is 0 Å². The number of carbonyl (C=O) groups is 1. The highest BCUT2D eigenvalue weighted by atomic mass is 28.3. The number of carbonyl (C=O) groups excluding carboxylic acids is 1. The van der Waals surface area contributed by atoms with E-state index >= 15 is 0 Å². The molecule has 0 unspecified atom stereocenters. The molecule has 18 heavy (non-hydrogen) atoms. The minimum absolute atomic E-state index is 0.157. The van der Waals surface area contributed by atoms with Crippen LogP contribution in [0.3, 0.4) is 0 Å². The zero-order valence-corrected chi connectivity index (χ0v) is 12.9. The van der Waals surface area contributed by atoms with E-state index in [0.717, 1.165) is 38.4 Å². The molecular weight excluding hydrogens is 246 g/mol. The summed E-state index contributed by atoms with van der Waals surface area (Å²) in [6, 6.07) is 1.03. The van der Waals surface area contributed by atoms with E-state index in [4.69, 9.17) is 9.84 Å². The maximum atomic E-state index is 11.8. The summed E-state index contributed by atoms with van der Waals surface area (Å²) in [6.45, 7) is 9.20. The SMILES string of the molecule is C[Si](C)(C)CCOC(=O)N1CCC(CCO)CC1. The molecule has 0 aromatic carbocycles. The van der Waals surface area contributed by atoms with Crippen molar-refractivity contribution in [3.05, 3.63) is 0 Å². The zero-order chi connectivity index (χ0) is 13.6. The summed E-state index contributed by atoms with van der Waals surface area (Å²) < 4.78 is 5.33. The van der Waals surface area contributed by atoms with Gasteiger partial charge in [0.05, 0.1) is 6.61 Å². The quantitative estimate of drug-likeness (QED) is 0.783. The first-order chi connectivity index (χ1) is 8.42. The van der Waals surface area contributed by atoms with Crippen molar-refractivity contribution in [2.45, 2.75) is 44.9 Å². The highest BCUT2D eigenvalue weighted by Gasteiger charge is 2.23. The van der Waals surface area contributed by atoms with E-state index in [1.165, 1.54) is 0 Å². The second kappa shape index (κ2) is 7.14.